The third kappa shape index (κ3) is 4.45. The summed E-state index contributed by atoms with van der Waals surface area (Å²) < 4.78 is 10.1. The minimum Gasteiger partial charge on any atom is -0.467 e. The molecule has 1 aliphatic carbocycles. The number of methoxy groups -OCH3 is 1. The Labute approximate surface area is 136 Å². The number of carbonyl (C=O) groups excluding carboxylic acids is 2. The topological polar surface area (TPSA) is 90.6 Å². The molecule has 0 heterocycles. The minimum absolute atomic E-state index is 0.157. The lowest BCUT2D eigenvalue weighted by atomic mass is 9.75. The molecule has 23 heavy (non-hydrogen) atoms. The van der Waals surface area contributed by atoms with Crippen molar-refractivity contribution in [3.63, 3.8) is 0 Å². The Hall–Kier alpha value is -2.08. The summed E-state index contributed by atoms with van der Waals surface area (Å²) in [5.74, 6) is -0.246. The van der Waals surface area contributed by atoms with Crippen molar-refractivity contribution in [1.29, 1.82) is 0 Å². The lowest BCUT2D eigenvalue weighted by Gasteiger charge is -2.38. The van der Waals surface area contributed by atoms with Gasteiger partial charge in [-0.05, 0) is 37.3 Å². The fourth-order valence-electron chi connectivity index (χ4n) is 3.09. The van der Waals surface area contributed by atoms with E-state index in [4.69, 9.17) is 15.2 Å². The number of esters is 1. The first-order chi connectivity index (χ1) is 11.1. The molecule has 0 aromatic heterocycles. The normalized spacial score (nSPS) is 23.8. The first-order valence-electron chi connectivity index (χ1n) is 7.87. The molecule has 0 aliphatic heterocycles. The molecule has 3 N–H and O–H groups in total. The predicted molar refractivity (Wildman–Crippen MR) is 85.5 cm³/mol. The second kappa shape index (κ2) is 7.97. The van der Waals surface area contributed by atoms with Crippen LogP contribution in [0.15, 0.2) is 30.3 Å². The van der Waals surface area contributed by atoms with E-state index in [2.05, 4.69) is 5.32 Å². The fraction of sp³-hybridized carbons (Fsp3) is 0.529. The monoisotopic (exact) mass is 320 g/mol. The van der Waals surface area contributed by atoms with Crippen LogP contribution in [0.4, 0.5) is 4.79 Å². The van der Waals surface area contributed by atoms with Crippen molar-refractivity contribution in [2.45, 2.75) is 37.8 Å². The molecule has 2 unspecified atom stereocenters. The number of hydrogen-bond acceptors (Lipinski definition) is 5. The molecule has 1 aliphatic rings. The molecular formula is C17H24N2O4. The van der Waals surface area contributed by atoms with E-state index in [1.165, 1.54) is 7.11 Å². The molecule has 0 spiro atoms. The van der Waals surface area contributed by atoms with E-state index >= 15 is 0 Å². The van der Waals surface area contributed by atoms with Gasteiger partial charge in [-0.25, -0.2) is 9.59 Å². The Kier molecular flexibility index (Phi) is 5.98. The van der Waals surface area contributed by atoms with Gasteiger partial charge in [0, 0.05) is 0 Å². The highest BCUT2D eigenvalue weighted by atomic mass is 16.6. The van der Waals surface area contributed by atoms with Gasteiger partial charge >= 0.3 is 12.1 Å². The van der Waals surface area contributed by atoms with Crippen LogP contribution in [0.5, 0.6) is 0 Å². The molecule has 6 nitrogen and oxygen atoms in total. The van der Waals surface area contributed by atoms with E-state index in [-0.39, 0.29) is 12.5 Å². The summed E-state index contributed by atoms with van der Waals surface area (Å²) in [6.07, 6.45) is 2.18. The lowest BCUT2D eigenvalue weighted by Crippen LogP contribution is -2.58. The molecule has 1 amide bonds. The number of nitrogens with two attached hydrogens (primary N) is 1. The van der Waals surface area contributed by atoms with Gasteiger partial charge in [-0.1, -0.05) is 36.8 Å². The Morgan fingerprint density at radius 1 is 1.35 bits per heavy atom. The van der Waals surface area contributed by atoms with Gasteiger partial charge in [0.1, 0.15) is 12.1 Å². The second-order valence-electron chi connectivity index (χ2n) is 5.96. The van der Waals surface area contributed by atoms with Crippen molar-refractivity contribution in [3.8, 4) is 0 Å². The molecule has 0 bridgehead atoms. The maximum Gasteiger partial charge on any atom is 0.408 e. The minimum atomic E-state index is -1.04. The molecular weight excluding hydrogens is 296 g/mol. The van der Waals surface area contributed by atoms with Crippen molar-refractivity contribution >= 4 is 12.1 Å². The van der Waals surface area contributed by atoms with E-state index in [9.17, 15) is 9.59 Å². The number of rotatable bonds is 5. The highest BCUT2D eigenvalue weighted by molar-refractivity contribution is 5.85. The number of alkyl carbamates (subject to hydrolysis) is 1. The first-order valence-corrected chi connectivity index (χ1v) is 7.87. The summed E-state index contributed by atoms with van der Waals surface area (Å²) in [7, 11) is 1.33. The summed E-state index contributed by atoms with van der Waals surface area (Å²) in [4.78, 5) is 24.4. The Morgan fingerprint density at radius 2 is 2.09 bits per heavy atom. The van der Waals surface area contributed by atoms with Crippen molar-refractivity contribution in [3.05, 3.63) is 35.9 Å². The zero-order valence-electron chi connectivity index (χ0n) is 13.4. The average Bonchev–Trinajstić information content (AvgIpc) is 2.60. The fourth-order valence-corrected chi connectivity index (χ4v) is 3.09. The van der Waals surface area contributed by atoms with Crippen LogP contribution < -0.4 is 11.1 Å². The molecule has 1 saturated carbocycles. The summed E-state index contributed by atoms with van der Waals surface area (Å²) in [5, 5.41) is 2.73. The van der Waals surface area contributed by atoms with Gasteiger partial charge in [-0.2, -0.15) is 0 Å². The standard InChI is InChI=1S/C17H24N2O4/c1-22-15(20)17(9-5-8-14(10-17)11-18)19-16(21)23-12-13-6-3-2-4-7-13/h2-4,6-7,14H,5,8-12,18H2,1H3,(H,19,21). The van der Waals surface area contributed by atoms with Crippen LogP contribution in [-0.2, 0) is 20.9 Å². The van der Waals surface area contributed by atoms with Crippen LogP contribution in [0.25, 0.3) is 0 Å². The zero-order chi connectivity index (χ0) is 16.7. The predicted octanol–water partition coefficient (Wildman–Crippen LogP) is 1.97. The molecule has 0 saturated heterocycles. The van der Waals surface area contributed by atoms with Gasteiger partial charge < -0.3 is 20.5 Å². The van der Waals surface area contributed by atoms with Gasteiger partial charge in [0.05, 0.1) is 7.11 Å². The Bertz CT molecular complexity index is 535. The van der Waals surface area contributed by atoms with E-state index in [0.29, 0.717) is 19.4 Å². The summed E-state index contributed by atoms with van der Waals surface area (Å²) in [6, 6.07) is 9.38. The van der Waals surface area contributed by atoms with Gasteiger partial charge in [0.2, 0.25) is 0 Å². The van der Waals surface area contributed by atoms with E-state index in [1.54, 1.807) is 0 Å². The quantitative estimate of drug-likeness (QED) is 0.810. The summed E-state index contributed by atoms with van der Waals surface area (Å²) >= 11 is 0. The highest BCUT2D eigenvalue weighted by Crippen LogP contribution is 2.33. The van der Waals surface area contributed by atoms with Crippen molar-refractivity contribution in [2.75, 3.05) is 13.7 Å². The van der Waals surface area contributed by atoms with E-state index < -0.39 is 17.6 Å². The first kappa shape index (κ1) is 17.3. The van der Waals surface area contributed by atoms with Gasteiger partial charge in [0.25, 0.3) is 0 Å². The van der Waals surface area contributed by atoms with Crippen LogP contribution >= 0.6 is 0 Å². The number of carbonyl (C=O) groups is 2. The lowest BCUT2D eigenvalue weighted by molar-refractivity contribution is -0.150. The Balaban J connectivity index is 1.99. The number of amides is 1. The molecule has 0 radical (unpaired) electrons. The third-order valence-corrected chi connectivity index (χ3v) is 4.32. The SMILES string of the molecule is COC(=O)C1(NC(=O)OCc2ccccc2)CCCC(CN)C1. The second-order valence-corrected chi connectivity index (χ2v) is 5.96. The summed E-state index contributed by atoms with van der Waals surface area (Å²) in [6.45, 7) is 0.643. The van der Waals surface area contributed by atoms with Crippen molar-refractivity contribution in [2.24, 2.45) is 11.7 Å². The number of hydrogen-bond donors (Lipinski definition) is 2. The van der Waals surface area contributed by atoms with E-state index in [0.717, 1.165) is 18.4 Å². The van der Waals surface area contributed by atoms with Crippen LogP contribution in [0.1, 0.15) is 31.2 Å². The van der Waals surface area contributed by atoms with Crippen LogP contribution in [0, 0.1) is 5.92 Å². The molecule has 2 rings (SSSR count). The van der Waals surface area contributed by atoms with Gasteiger partial charge in [-0.3, -0.25) is 0 Å². The Morgan fingerprint density at radius 3 is 2.74 bits per heavy atom. The van der Waals surface area contributed by atoms with Crippen LogP contribution in [0.2, 0.25) is 0 Å². The number of nitrogens with one attached hydrogen (secondary N) is 1. The number of benzene rings is 1. The average molecular weight is 320 g/mol. The smallest absolute Gasteiger partial charge is 0.408 e. The maximum atomic E-state index is 12.2. The number of ether oxygens (including phenoxy) is 2. The van der Waals surface area contributed by atoms with E-state index in [1.807, 2.05) is 30.3 Å². The largest absolute Gasteiger partial charge is 0.467 e. The zero-order valence-corrected chi connectivity index (χ0v) is 13.4. The molecule has 126 valence electrons. The van der Waals surface area contributed by atoms with Gasteiger partial charge in [0.15, 0.2) is 0 Å². The molecule has 1 aromatic rings. The molecule has 1 aromatic carbocycles. The maximum absolute atomic E-state index is 12.2. The molecule has 2 atom stereocenters. The van der Waals surface area contributed by atoms with Crippen LogP contribution in [0.3, 0.4) is 0 Å². The van der Waals surface area contributed by atoms with Crippen molar-refractivity contribution in [1.82, 2.24) is 5.32 Å². The van der Waals surface area contributed by atoms with Gasteiger partial charge in [-0.15, -0.1) is 0 Å². The highest BCUT2D eigenvalue weighted by Gasteiger charge is 2.45. The summed E-state index contributed by atoms with van der Waals surface area (Å²) in [5.41, 5.74) is 5.59. The third-order valence-electron chi connectivity index (χ3n) is 4.32. The van der Waals surface area contributed by atoms with Crippen molar-refractivity contribution < 1.29 is 19.1 Å². The van der Waals surface area contributed by atoms with Crippen LogP contribution in [-0.4, -0.2) is 31.3 Å². The molecule has 1 fully saturated rings. The molecule has 6 heteroatoms.